The first-order chi connectivity index (χ1) is 21.0. The third-order valence-electron chi connectivity index (χ3n) is 8.08. The van der Waals surface area contributed by atoms with Gasteiger partial charge in [-0.15, -0.1) is 0 Å². The maximum atomic E-state index is 13.9. The number of imidazole rings is 1. The molecule has 0 radical (unpaired) electrons. The van der Waals surface area contributed by atoms with E-state index in [-0.39, 0.29) is 28.7 Å². The fourth-order valence-corrected chi connectivity index (χ4v) is 5.65. The molecule has 2 aromatic heterocycles. The van der Waals surface area contributed by atoms with Crippen molar-refractivity contribution in [3.8, 4) is 5.75 Å². The number of aromatic nitrogens is 4. The van der Waals surface area contributed by atoms with Gasteiger partial charge in [-0.3, -0.25) is 23.5 Å². The summed E-state index contributed by atoms with van der Waals surface area (Å²) < 4.78 is 15.3. The normalized spacial score (nSPS) is 17.9. The first-order valence-corrected chi connectivity index (χ1v) is 15.1. The standard InChI is InChI=1S/C31H41N7O6/c1-20(2)10-12-37-26-27(33-30(37)36-11-6-8-23(32)18-36)34(4)31(42)38(29(26)41)19-25(39)22-7-5-9-24(17-22)44-21(3)28(40)35-13-15-43-16-14-35/h5,7,9-10,17,21,23H,6,8,11-16,18-19,32H2,1-4H3. The zero-order valence-electron chi connectivity index (χ0n) is 25.8. The van der Waals surface area contributed by atoms with Crippen molar-refractivity contribution >= 4 is 28.8 Å². The molecule has 0 saturated carbocycles. The Morgan fingerprint density at radius 3 is 2.61 bits per heavy atom. The summed E-state index contributed by atoms with van der Waals surface area (Å²) in [7, 11) is 1.55. The van der Waals surface area contributed by atoms with Crippen molar-refractivity contribution < 1.29 is 19.1 Å². The summed E-state index contributed by atoms with van der Waals surface area (Å²) in [6, 6.07) is 6.40. The molecule has 2 fully saturated rings. The van der Waals surface area contributed by atoms with Gasteiger partial charge in [0.25, 0.3) is 11.5 Å². The molecule has 1 aromatic carbocycles. The number of amides is 1. The van der Waals surface area contributed by atoms with E-state index in [0.29, 0.717) is 51.1 Å². The molecule has 2 atom stereocenters. The van der Waals surface area contributed by atoms with Crippen LogP contribution in [-0.2, 0) is 29.7 Å². The number of Topliss-reactive ketones (excluding diaryl/α,β-unsaturated/α-hetero) is 1. The molecule has 2 aliphatic heterocycles. The number of nitrogens with zero attached hydrogens (tertiary/aromatic N) is 6. The van der Waals surface area contributed by atoms with Crippen LogP contribution in [0.2, 0.25) is 0 Å². The molecule has 2 aliphatic rings. The van der Waals surface area contributed by atoms with Crippen LogP contribution >= 0.6 is 0 Å². The Balaban J connectivity index is 1.45. The van der Waals surface area contributed by atoms with Gasteiger partial charge < -0.3 is 29.6 Å². The average molecular weight is 608 g/mol. The average Bonchev–Trinajstić information content (AvgIpc) is 3.41. The quantitative estimate of drug-likeness (QED) is 0.281. The molecule has 3 aromatic rings. The second-order valence-corrected chi connectivity index (χ2v) is 11.7. The van der Waals surface area contributed by atoms with Crippen LogP contribution in [0.15, 0.2) is 45.5 Å². The molecule has 0 bridgehead atoms. The Bertz CT molecular complexity index is 1690. The van der Waals surface area contributed by atoms with E-state index in [1.165, 1.54) is 10.6 Å². The lowest BCUT2D eigenvalue weighted by Crippen LogP contribution is -2.46. The van der Waals surface area contributed by atoms with Gasteiger partial charge in [-0.1, -0.05) is 23.8 Å². The van der Waals surface area contributed by atoms with E-state index in [1.807, 2.05) is 24.5 Å². The lowest BCUT2D eigenvalue weighted by atomic mass is 10.1. The number of carbonyl (C=O) groups excluding carboxylic acids is 2. The van der Waals surface area contributed by atoms with Crippen molar-refractivity contribution in [3.63, 3.8) is 0 Å². The van der Waals surface area contributed by atoms with Crippen molar-refractivity contribution in [2.75, 3.05) is 44.3 Å². The molecule has 4 heterocycles. The number of aryl methyl sites for hydroxylation is 1. The molecule has 2 saturated heterocycles. The lowest BCUT2D eigenvalue weighted by molar-refractivity contribution is -0.142. The third kappa shape index (κ3) is 6.48. The summed E-state index contributed by atoms with van der Waals surface area (Å²) in [6.07, 6.45) is 3.03. The van der Waals surface area contributed by atoms with Gasteiger partial charge in [-0.2, -0.15) is 4.98 Å². The maximum absolute atomic E-state index is 13.9. The van der Waals surface area contributed by atoms with Crippen molar-refractivity contribution in [3.05, 3.63) is 62.3 Å². The largest absolute Gasteiger partial charge is 0.481 e. The van der Waals surface area contributed by atoms with Crippen LogP contribution in [-0.4, -0.2) is 86.8 Å². The molecule has 236 valence electrons. The third-order valence-corrected chi connectivity index (χ3v) is 8.08. The molecule has 5 rings (SSSR count). The van der Waals surface area contributed by atoms with Crippen LogP contribution in [0.25, 0.3) is 11.2 Å². The predicted molar refractivity (Wildman–Crippen MR) is 166 cm³/mol. The molecule has 1 amide bonds. The number of anilines is 1. The Morgan fingerprint density at radius 1 is 1.16 bits per heavy atom. The first kappa shape index (κ1) is 31.2. The number of morpholine rings is 1. The van der Waals surface area contributed by atoms with Gasteiger partial charge in [0.05, 0.1) is 19.8 Å². The van der Waals surface area contributed by atoms with E-state index in [4.69, 9.17) is 20.2 Å². The molecular formula is C31H41N7O6. The van der Waals surface area contributed by atoms with Crippen LogP contribution < -0.4 is 26.6 Å². The van der Waals surface area contributed by atoms with Crippen LogP contribution in [0.4, 0.5) is 5.95 Å². The van der Waals surface area contributed by atoms with Crippen molar-refractivity contribution in [2.45, 2.75) is 58.8 Å². The number of fused-ring (bicyclic) bond motifs is 1. The minimum atomic E-state index is -0.763. The number of carbonyl (C=O) groups is 2. The zero-order valence-corrected chi connectivity index (χ0v) is 25.8. The minimum Gasteiger partial charge on any atom is -0.481 e. The monoisotopic (exact) mass is 607 g/mol. The highest BCUT2D eigenvalue weighted by atomic mass is 16.5. The van der Waals surface area contributed by atoms with Gasteiger partial charge in [-0.25, -0.2) is 4.79 Å². The topological polar surface area (TPSA) is 147 Å². The van der Waals surface area contributed by atoms with Gasteiger partial charge in [0.15, 0.2) is 23.1 Å². The van der Waals surface area contributed by atoms with Gasteiger partial charge in [0, 0.05) is 51.4 Å². The van der Waals surface area contributed by atoms with Gasteiger partial charge in [-0.05, 0) is 45.7 Å². The molecule has 13 nitrogen and oxygen atoms in total. The Labute approximate surface area is 255 Å². The summed E-state index contributed by atoms with van der Waals surface area (Å²) in [5, 5.41) is 0. The number of nitrogens with two attached hydrogens (primary N) is 1. The Kier molecular flexibility index (Phi) is 9.35. The van der Waals surface area contributed by atoms with Crippen LogP contribution in [0.5, 0.6) is 5.75 Å². The number of benzene rings is 1. The van der Waals surface area contributed by atoms with E-state index in [9.17, 15) is 19.2 Å². The smallest absolute Gasteiger partial charge is 0.332 e. The SMILES string of the molecule is CC(C)=CCn1c(N2CCCC(N)C2)nc2c1c(=O)n(CC(=O)c1cccc(OC(C)C(=O)N3CCOCC3)c1)c(=O)n2C. The number of hydrogen-bond donors (Lipinski definition) is 1. The molecule has 44 heavy (non-hydrogen) atoms. The number of ether oxygens (including phenoxy) is 2. The highest BCUT2D eigenvalue weighted by Gasteiger charge is 2.27. The summed E-state index contributed by atoms with van der Waals surface area (Å²) in [5.74, 6) is 0.307. The first-order valence-electron chi connectivity index (χ1n) is 15.1. The molecule has 0 spiro atoms. The summed E-state index contributed by atoms with van der Waals surface area (Å²) in [4.78, 5) is 62.1. The van der Waals surface area contributed by atoms with E-state index in [1.54, 1.807) is 37.1 Å². The van der Waals surface area contributed by atoms with Crippen molar-refractivity contribution in [2.24, 2.45) is 12.8 Å². The van der Waals surface area contributed by atoms with Crippen molar-refractivity contribution in [1.82, 2.24) is 23.6 Å². The molecular weight excluding hydrogens is 566 g/mol. The zero-order chi connectivity index (χ0) is 31.5. The van der Waals surface area contributed by atoms with Gasteiger partial charge in [0.2, 0.25) is 5.95 Å². The minimum absolute atomic E-state index is 0.0150. The van der Waals surface area contributed by atoms with E-state index in [2.05, 4.69) is 4.90 Å². The number of allylic oxidation sites excluding steroid dienone is 2. The highest BCUT2D eigenvalue weighted by molar-refractivity contribution is 5.96. The maximum Gasteiger partial charge on any atom is 0.332 e. The second kappa shape index (κ2) is 13.2. The highest BCUT2D eigenvalue weighted by Crippen LogP contribution is 2.23. The molecule has 2 unspecified atom stereocenters. The second-order valence-electron chi connectivity index (χ2n) is 11.7. The Morgan fingerprint density at radius 2 is 1.91 bits per heavy atom. The number of hydrogen-bond acceptors (Lipinski definition) is 9. The summed E-state index contributed by atoms with van der Waals surface area (Å²) in [5.41, 5.74) is 6.85. The van der Waals surface area contributed by atoms with Gasteiger partial charge in [0.1, 0.15) is 5.75 Å². The van der Waals surface area contributed by atoms with Crippen LogP contribution in [0.3, 0.4) is 0 Å². The number of ketones is 1. The van der Waals surface area contributed by atoms with E-state index < -0.39 is 29.7 Å². The number of piperidine rings is 1. The fourth-order valence-electron chi connectivity index (χ4n) is 5.65. The fraction of sp³-hybridized carbons (Fsp3) is 0.516. The van der Waals surface area contributed by atoms with Crippen LogP contribution in [0, 0.1) is 0 Å². The van der Waals surface area contributed by atoms with Gasteiger partial charge >= 0.3 is 5.69 Å². The summed E-state index contributed by atoms with van der Waals surface area (Å²) in [6.45, 7) is 8.81. The van der Waals surface area contributed by atoms with E-state index in [0.717, 1.165) is 29.5 Å². The lowest BCUT2D eigenvalue weighted by Gasteiger charge is -2.31. The number of rotatable bonds is 9. The predicted octanol–water partition coefficient (Wildman–Crippen LogP) is 1.30. The molecule has 2 N–H and O–H groups in total. The van der Waals surface area contributed by atoms with Crippen LogP contribution in [0.1, 0.15) is 44.0 Å². The molecule has 13 heteroatoms. The molecule has 0 aliphatic carbocycles. The van der Waals surface area contributed by atoms with E-state index >= 15 is 0 Å². The summed E-state index contributed by atoms with van der Waals surface area (Å²) >= 11 is 0. The Hall–Kier alpha value is -4.23. The van der Waals surface area contributed by atoms with Crippen molar-refractivity contribution in [1.29, 1.82) is 0 Å².